The number of methoxy groups -OCH3 is 1. The molecule has 0 fully saturated rings. The quantitative estimate of drug-likeness (QED) is 0.697. The van der Waals surface area contributed by atoms with E-state index < -0.39 is 5.82 Å². The Labute approximate surface area is 88.5 Å². The van der Waals surface area contributed by atoms with Crippen LogP contribution in [-0.2, 0) is 11.2 Å². The third-order valence-electron chi connectivity index (χ3n) is 2.12. The molecule has 1 rings (SSSR count). The van der Waals surface area contributed by atoms with E-state index in [4.69, 9.17) is 4.74 Å². The first-order valence-corrected chi connectivity index (χ1v) is 4.75. The van der Waals surface area contributed by atoms with E-state index in [1.54, 1.807) is 7.11 Å². The first-order valence-electron chi connectivity index (χ1n) is 4.75. The SMILES string of the molecule is COCN(C)CCc1cc(F)ccc1F. The van der Waals surface area contributed by atoms with E-state index in [1.165, 1.54) is 6.07 Å². The van der Waals surface area contributed by atoms with E-state index in [-0.39, 0.29) is 5.82 Å². The maximum atomic E-state index is 13.2. The standard InChI is InChI=1S/C11H15F2NO/c1-14(8-15-2)6-5-9-7-10(12)3-4-11(9)13/h3-4,7H,5-6,8H2,1-2H3. The molecule has 1 aromatic rings. The van der Waals surface area contributed by atoms with Gasteiger partial charge in [-0.15, -0.1) is 0 Å². The zero-order valence-electron chi connectivity index (χ0n) is 8.96. The molecular weight excluding hydrogens is 200 g/mol. The molecule has 0 atom stereocenters. The molecule has 0 N–H and O–H groups in total. The average molecular weight is 215 g/mol. The fourth-order valence-electron chi connectivity index (χ4n) is 1.33. The van der Waals surface area contributed by atoms with E-state index >= 15 is 0 Å². The molecular formula is C11H15F2NO. The number of hydrogen-bond donors (Lipinski definition) is 0. The predicted molar refractivity (Wildman–Crippen MR) is 54.6 cm³/mol. The fourth-order valence-corrected chi connectivity index (χ4v) is 1.33. The molecule has 0 saturated carbocycles. The van der Waals surface area contributed by atoms with Crippen molar-refractivity contribution < 1.29 is 13.5 Å². The van der Waals surface area contributed by atoms with Crippen LogP contribution in [0.15, 0.2) is 18.2 Å². The normalized spacial score (nSPS) is 11.0. The third kappa shape index (κ3) is 3.93. The summed E-state index contributed by atoms with van der Waals surface area (Å²) in [7, 11) is 3.46. The second-order valence-electron chi connectivity index (χ2n) is 3.48. The van der Waals surface area contributed by atoms with Crippen LogP contribution in [-0.4, -0.2) is 32.3 Å². The highest BCUT2D eigenvalue weighted by atomic mass is 19.1. The number of nitrogens with zero attached hydrogens (tertiary/aromatic N) is 1. The lowest BCUT2D eigenvalue weighted by Crippen LogP contribution is -2.23. The number of benzene rings is 1. The molecule has 0 aliphatic heterocycles. The zero-order valence-corrected chi connectivity index (χ0v) is 8.96. The van der Waals surface area contributed by atoms with E-state index in [0.717, 1.165) is 12.1 Å². The maximum absolute atomic E-state index is 13.2. The summed E-state index contributed by atoms with van der Waals surface area (Å²) < 4.78 is 30.9. The van der Waals surface area contributed by atoms with Crippen molar-refractivity contribution in [2.45, 2.75) is 6.42 Å². The second kappa shape index (κ2) is 5.78. The summed E-state index contributed by atoms with van der Waals surface area (Å²) in [4.78, 5) is 1.89. The van der Waals surface area contributed by atoms with Gasteiger partial charge in [-0.2, -0.15) is 0 Å². The van der Waals surface area contributed by atoms with Crippen molar-refractivity contribution in [3.8, 4) is 0 Å². The van der Waals surface area contributed by atoms with Crippen LogP contribution in [0.5, 0.6) is 0 Å². The lowest BCUT2D eigenvalue weighted by atomic mass is 10.1. The largest absolute Gasteiger partial charge is 0.369 e. The molecule has 15 heavy (non-hydrogen) atoms. The summed E-state index contributed by atoms with van der Waals surface area (Å²) >= 11 is 0. The molecule has 2 nitrogen and oxygen atoms in total. The van der Waals surface area contributed by atoms with Crippen LogP contribution in [0.4, 0.5) is 8.78 Å². The number of hydrogen-bond acceptors (Lipinski definition) is 2. The number of rotatable bonds is 5. The lowest BCUT2D eigenvalue weighted by Gasteiger charge is -2.15. The first kappa shape index (κ1) is 12.1. The zero-order chi connectivity index (χ0) is 11.3. The Kier molecular flexibility index (Phi) is 4.65. The summed E-state index contributed by atoms with van der Waals surface area (Å²) in [6.45, 7) is 1.12. The van der Waals surface area contributed by atoms with Gasteiger partial charge >= 0.3 is 0 Å². The van der Waals surface area contributed by atoms with Crippen molar-refractivity contribution in [2.75, 3.05) is 27.4 Å². The van der Waals surface area contributed by atoms with Gasteiger partial charge in [-0.05, 0) is 37.2 Å². The first-order chi connectivity index (χ1) is 7.13. The van der Waals surface area contributed by atoms with Gasteiger partial charge in [-0.1, -0.05) is 0 Å². The molecule has 0 spiro atoms. The topological polar surface area (TPSA) is 12.5 Å². The van der Waals surface area contributed by atoms with Gasteiger partial charge in [0.25, 0.3) is 0 Å². The van der Waals surface area contributed by atoms with Crippen LogP contribution in [0.3, 0.4) is 0 Å². The van der Waals surface area contributed by atoms with Crippen LogP contribution in [0.25, 0.3) is 0 Å². The minimum atomic E-state index is -0.402. The molecule has 0 unspecified atom stereocenters. The van der Waals surface area contributed by atoms with Crippen LogP contribution < -0.4 is 0 Å². The van der Waals surface area contributed by atoms with Crippen molar-refractivity contribution in [1.29, 1.82) is 0 Å². The fraction of sp³-hybridized carbons (Fsp3) is 0.455. The molecule has 0 bridgehead atoms. The van der Waals surface area contributed by atoms with Crippen LogP contribution >= 0.6 is 0 Å². The summed E-state index contributed by atoms with van der Waals surface area (Å²) in [6.07, 6.45) is 0.476. The summed E-state index contributed by atoms with van der Waals surface area (Å²) in [5, 5.41) is 0. The van der Waals surface area contributed by atoms with Crippen molar-refractivity contribution in [2.24, 2.45) is 0 Å². The van der Waals surface area contributed by atoms with Crippen molar-refractivity contribution >= 4 is 0 Å². The van der Waals surface area contributed by atoms with Crippen molar-refractivity contribution in [3.05, 3.63) is 35.4 Å². The molecule has 1 aromatic carbocycles. The predicted octanol–water partition coefficient (Wildman–Crippen LogP) is 2.04. The Morgan fingerprint density at radius 2 is 2.07 bits per heavy atom. The van der Waals surface area contributed by atoms with Gasteiger partial charge < -0.3 is 4.74 Å². The molecule has 84 valence electrons. The Balaban J connectivity index is 2.53. The van der Waals surface area contributed by atoms with Crippen LogP contribution in [0, 0.1) is 11.6 Å². The molecule has 4 heteroatoms. The minimum absolute atomic E-state index is 0.359. The van der Waals surface area contributed by atoms with Gasteiger partial charge in [0, 0.05) is 13.7 Å². The monoisotopic (exact) mass is 215 g/mol. The molecule has 0 aliphatic rings. The Morgan fingerprint density at radius 3 is 2.73 bits per heavy atom. The molecule has 0 amide bonds. The summed E-state index contributed by atoms with van der Waals surface area (Å²) in [5.74, 6) is -0.761. The highest BCUT2D eigenvalue weighted by Gasteiger charge is 2.05. The maximum Gasteiger partial charge on any atom is 0.126 e. The van der Waals surface area contributed by atoms with Crippen LogP contribution in [0.1, 0.15) is 5.56 Å². The summed E-state index contributed by atoms with van der Waals surface area (Å²) in [5.41, 5.74) is 0.401. The third-order valence-corrected chi connectivity index (χ3v) is 2.12. The number of halogens is 2. The van der Waals surface area contributed by atoms with Gasteiger partial charge in [0.05, 0.1) is 6.73 Å². The Hall–Kier alpha value is -1.00. The van der Waals surface area contributed by atoms with E-state index in [0.29, 0.717) is 25.3 Å². The highest BCUT2D eigenvalue weighted by molar-refractivity contribution is 5.18. The second-order valence-corrected chi connectivity index (χ2v) is 3.48. The minimum Gasteiger partial charge on any atom is -0.369 e. The van der Waals surface area contributed by atoms with E-state index in [9.17, 15) is 8.78 Å². The Morgan fingerprint density at radius 1 is 1.33 bits per heavy atom. The smallest absolute Gasteiger partial charge is 0.126 e. The van der Waals surface area contributed by atoms with Gasteiger partial charge in [-0.3, -0.25) is 4.90 Å². The van der Waals surface area contributed by atoms with Gasteiger partial charge in [0.1, 0.15) is 11.6 Å². The molecule has 0 aromatic heterocycles. The van der Waals surface area contributed by atoms with Crippen molar-refractivity contribution in [3.63, 3.8) is 0 Å². The van der Waals surface area contributed by atoms with E-state index in [1.807, 2.05) is 11.9 Å². The molecule has 0 radical (unpaired) electrons. The lowest BCUT2D eigenvalue weighted by molar-refractivity contribution is 0.0825. The van der Waals surface area contributed by atoms with Gasteiger partial charge in [0.15, 0.2) is 0 Å². The number of likely N-dealkylation sites (N-methyl/N-ethyl adjacent to an activating group) is 1. The molecule has 0 aliphatic carbocycles. The van der Waals surface area contributed by atoms with E-state index in [2.05, 4.69) is 0 Å². The van der Waals surface area contributed by atoms with Crippen LogP contribution in [0.2, 0.25) is 0 Å². The molecule has 0 saturated heterocycles. The Bertz CT molecular complexity index is 317. The number of ether oxygens (including phenoxy) is 1. The highest BCUT2D eigenvalue weighted by Crippen LogP contribution is 2.10. The van der Waals surface area contributed by atoms with Gasteiger partial charge in [0.2, 0.25) is 0 Å². The average Bonchev–Trinajstić information content (AvgIpc) is 2.20. The summed E-state index contributed by atoms with van der Waals surface area (Å²) in [6, 6.07) is 3.51. The van der Waals surface area contributed by atoms with Crippen molar-refractivity contribution in [1.82, 2.24) is 4.90 Å². The molecule has 0 heterocycles. The van der Waals surface area contributed by atoms with Gasteiger partial charge in [-0.25, -0.2) is 8.78 Å².